The van der Waals surface area contributed by atoms with Crippen LogP contribution in [0.3, 0.4) is 0 Å². The molecule has 3 N–H and O–H groups in total. The van der Waals surface area contributed by atoms with Crippen molar-refractivity contribution in [2.24, 2.45) is 17.6 Å². The van der Waals surface area contributed by atoms with E-state index in [1.54, 1.807) is 0 Å². The molecule has 0 spiro atoms. The second kappa shape index (κ2) is 6.97. The predicted octanol–water partition coefficient (Wildman–Crippen LogP) is 1.29. The highest BCUT2D eigenvalue weighted by Gasteiger charge is 2.33. The zero-order chi connectivity index (χ0) is 12.8. The Labute approximate surface area is 104 Å². The summed E-state index contributed by atoms with van der Waals surface area (Å²) in [6, 6.07) is 0.0647. The smallest absolute Gasteiger partial charge is 0.224 e. The maximum Gasteiger partial charge on any atom is 0.224 e. The molecule has 100 valence electrons. The van der Waals surface area contributed by atoms with Crippen molar-refractivity contribution in [3.63, 3.8) is 0 Å². The van der Waals surface area contributed by atoms with E-state index in [4.69, 9.17) is 10.5 Å². The van der Waals surface area contributed by atoms with Gasteiger partial charge in [-0.05, 0) is 32.6 Å². The lowest BCUT2D eigenvalue weighted by Crippen LogP contribution is -2.49. The molecule has 0 radical (unpaired) electrons. The van der Waals surface area contributed by atoms with Crippen molar-refractivity contribution in [1.29, 1.82) is 0 Å². The van der Waals surface area contributed by atoms with E-state index >= 15 is 0 Å². The molecule has 4 unspecified atom stereocenters. The monoisotopic (exact) mass is 242 g/mol. The van der Waals surface area contributed by atoms with Crippen molar-refractivity contribution < 1.29 is 9.53 Å². The number of hydrogen-bond donors (Lipinski definition) is 2. The Kier molecular flexibility index (Phi) is 5.92. The summed E-state index contributed by atoms with van der Waals surface area (Å²) in [5.41, 5.74) is 6.11. The molecular weight excluding hydrogens is 216 g/mol. The van der Waals surface area contributed by atoms with E-state index in [2.05, 4.69) is 12.2 Å². The van der Waals surface area contributed by atoms with Gasteiger partial charge < -0.3 is 15.8 Å². The zero-order valence-corrected chi connectivity index (χ0v) is 11.2. The predicted molar refractivity (Wildman–Crippen MR) is 68.6 cm³/mol. The van der Waals surface area contributed by atoms with Gasteiger partial charge in [0.2, 0.25) is 5.91 Å². The molecule has 0 aromatic heterocycles. The van der Waals surface area contributed by atoms with Gasteiger partial charge in [0.1, 0.15) is 0 Å². The van der Waals surface area contributed by atoms with Crippen LogP contribution >= 0.6 is 0 Å². The third-order valence-corrected chi connectivity index (χ3v) is 3.59. The van der Waals surface area contributed by atoms with Crippen LogP contribution in [0.1, 0.15) is 40.0 Å². The number of rotatable bonds is 5. The van der Waals surface area contributed by atoms with E-state index in [0.29, 0.717) is 19.1 Å². The number of nitrogens with two attached hydrogens (primary N) is 1. The molecule has 0 heterocycles. The molecule has 1 aliphatic carbocycles. The van der Waals surface area contributed by atoms with Crippen molar-refractivity contribution >= 4 is 5.91 Å². The first-order valence-electron chi connectivity index (χ1n) is 6.70. The van der Waals surface area contributed by atoms with Crippen molar-refractivity contribution in [3.8, 4) is 0 Å². The minimum atomic E-state index is -0.0252. The summed E-state index contributed by atoms with van der Waals surface area (Å²) in [6.45, 7) is 7.30. The summed E-state index contributed by atoms with van der Waals surface area (Å²) in [7, 11) is 0. The van der Waals surface area contributed by atoms with Gasteiger partial charge in [-0.3, -0.25) is 4.79 Å². The number of hydrogen-bond acceptors (Lipinski definition) is 3. The molecule has 1 aliphatic rings. The van der Waals surface area contributed by atoms with Gasteiger partial charge in [-0.15, -0.1) is 0 Å². The third kappa shape index (κ3) is 4.28. The van der Waals surface area contributed by atoms with Crippen LogP contribution in [0.4, 0.5) is 0 Å². The van der Waals surface area contributed by atoms with E-state index in [1.807, 2.05) is 13.8 Å². The lowest BCUT2D eigenvalue weighted by Gasteiger charge is -2.33. The van der Waals surface area contributed by atoms with Gasteiger partial charge in [0, 0.05) is 18.7 Å². The van der Waals surface area contributed by atoms with Gasteiger partial charge >= 0.3 is 0 Å². The molecule has 0 saturated heterocycles. The molecule has 4 nitrogen and oxygen atoms in total. The van der Waals surface area contributed by atoms with Crippen LogP contribution in [0, 0.1) is 11.8 Å². The van der Waals surface area contributed by atoms with E-state index in [1.165, 1.54) is 0 Å². The number of carbonyl (C=O) groups is 1. The zero-order valence-electron chi connectivity index (χ0n) is 11.2. The minimum absolute atomic E-state index is 0.00282. The molecular formula is C13H26N2O2. The Morgan fingerprint density at radius 3 is 2.88 bits per heavy atom. The Morgan fingerprint density at radius 2 is 2.24 bits per heavy atom. The van der Waals surface area contributed by atoms with E-state index < -0.39 is 0 Å². The van der Waals surface area contributed by atoms with Gasteiger partial charge in [0.05, 0.1) is 12.5 Å². The average Bonchev–Trinajstić information content (AvgIpc) is 2.29. The Bertz CT molecular complexity index is 246. The van der Waals surface area contributed by atoms with Crippen molar-refractivity contribution in [2.45, 2.75) is 52.1 Å². The number of carbonyl (C=O) groups excluding carboxylic acids is 1. The number of nitrogens with one attached hydrogen (secondary N) is 1. The largest absolute Gasteiger partial charge is 0.380 e. The molecule has 1 rings (SSSR count). The lowest BCUT2D eigenvalue weighted by atomic mass is 9.78. The summed E-state index contributed by atoms with van der Waals surface area (Å²) < 4.78 is 5.29. The van der Waals surface area contributed by atoms with Gasteiger partial charge in [-0.2, -0.15) is 0 Å². The van der Waals surface area contributed by atoms with Gasteiger partial charge in [0.15, 0.2) is 0 Å². The number of ether oxygens (including phenoxy) is 1. The molecule has 1 saturated carbocycles. The highest BCUT2D eigenvalue weighted by molar-refractivity contribution is 5.79. The van der Waals surface area contributed by atoms with Crippen LogP contribution in [0.15, 0.2) is 0 Å². The second-order valence-electron chi connectivity index (χ2n) is 5.16. The molecule has 0 aromatic carbocycles. The minimum Gasteiger partial charge on any atom is -0.380 e. The fraction of sp³-hybridized carbons (Fsp3) is 0.923. The maximum absolute atomic E-state index is 12.1. The lowest BCUT2D eigenvalue weighted by molar-refractivity contribution is -0.128. The van der Waals surface area contributed by atoms with Crippen LogP contribution in [0.25, 0.3) is 0 Å². The molecule has 4 heteroatoms. The Hall–Kier alpha value is -0.610. The quantitative estimate of drug-likeness (QED) is 0.763. The average molecular weight is 242 g/mol. The first-order chi connectivity index (χ1) is 8.06. The Morgan fingerprint density at radius 1 is 1.53 bits per heavy atom. The van der Waals surface area contributed by atoms with Gasteiger partial charge in [0.25, 0.3) is 0 Å². The van der Waals surface area contributed by atoms with Crippen LogP contribution < -0.4 is 11.1 Å². The maximum atomic E-state index is 12.1. The first-order valence-corrected chi connectivity index (χ1v) is 6.70. The summed E-state index contributed by atoms with van der Waals surface area (Å²) >= 11 is 0. The molecule has 17 heavy (non-hydrogen) atoms. The molecule has 0 aromatic rings. The van der Waals surface area contributed by atoms with Crippen LogP contribution in [-0.4, -0.2) is 31.2 Å². The normalized spacial score (nSPS) is 30.9. The van der Waals surface area contributed by atoms with Crippen molar-refractivity contribution in [2.75, 3.05) is 13.2 Å². The second-order valence-corrected chi connectivity index (χ2v) is 5.16. The third-order valence-electron chi connectivity index (χ3n) is 3.59. The van der Waals surface area contributed by atoms with Crippen LogP contribution in [0.5, 0.6) is 0 Å². The van der Waals surface area contributed by atoms with Gasteiger partial charge in [-0.1, -0.05) is 13.3 Å². The topological polar surface area (TPSA) is 64.3 Å². The summed E-state index contributed by atoms with van der Waals surface area (Å²) in [5, 5.41) is 2.99. The SMILES string of the molecule is CCOCC(C)NC(=O)C1CCCC(C)C1N. The summed E-state index contributed by atoms with van der Waals surface area (Å²) in [4.78, 5) is 12.1. The summed E-state index contributed by atoms with van der Waals surface area (Å²) in [6.07, 6.45) is 3.16. The van der Waals surface area contributed by atoms with E-state index in [9.17, 15) is 4.79 Å². The molecule has 4 atom stereocenters. The highest BCUT2D eigenvalue weighted by atomic mass is 16.5. The van der Waals surface area contributed by atoms with Crippen LogP contribution in [-0.2, 0) is 9.53 Å². The van der Waals surface area contributed by atoms with Gasteiger partial charge in [-0.25, -0.2) is 0 Å². The number of amides is 1. The van der Waals surface area contributed by atoms with E-state index in [0.717, 1.165) is 19.3 Å². The first kappa shape index (κ1) is 14.5. The van der Waals surface area contributed by atoms with Crippen molar-refractivity contribution in [1.82, 2.24) is 5.32 Å². The molecule has 1 fully saturated rings. The van der Waals surface area contributed by atoms with E-state index in [-0.39, 0.29) is 23.9 Å². The van der Waals surface area contributed by atoms with Crippen LogP contribution in [0.2, 0.25) is 0 Å². The van der Waals surface area contributed by atoms with Crippen molar-refractivity contribution in [3.05, 3.63) is 0 Å². The Balaban J connectivity index is 2.40. The molecule has 0 bridgehead atoms. The highest BCUT2D eigenvalue weighted by Crippen LogP contribution is 2.27. The molecule has 0 aliphatic heterocycles. The standard InChI is InChI=1S/C13H26N2O2/c1-4-17-8-10(3)15-13(16)11-7-5-6-9(2)12(11)14/h9-12H,4-8,14H2,1-3H3,(H,15,16). The molecule has 1 amide bonds. The fourth-order valence-electron chi connectivity index (χ4n) is 2.43. The summed E-state index contributed by atoms with van der Waals surface area (Å²) in [5.74, 6) is 0.515. The fourth-order valence-corrected chi connectivity index (χ4v) is 2.43.